The Kier molecular flexibility index (Phi) is 5.64. The Hall–Kier alpha value is -0.390. The highest BCUT2D eigenvalue weighted by Gasteiger charge is 2.24. The highest BCUT2D eigenvalue weighted by Crippen LogP contribution is 2.35. The van der Waals surface area contributed by atoms with E-state index in [0.717, 1.165) is 24.0 Å². The van der Waals surface area contributed by atoms with Gasteiger partial charge in [0.2, 0.25) is 0 Å². The minimum atomic E-state index is 0.557. The lowest BCUT2D eigenvalue weighted by molar-refractivity contribution is 0.339. The molecule has 0 bridgehead atoms. The van der Waals surface area contributed by atoms with Crippen molar-refractivity contribution in [2.75, 3.05) is 12.4 Å². The van der Waals surface area contributed by atoms with Crippen molar-refractivity contribution in [3.8, 4) is 0 Å². The first kappa shape index (κ1) is 16.0. The molecule has 3 nitrogen and oxygen atoms in total. The Labute approximate surface area is 136 Å². The van der Waals surface area contributed by atoms with E-state index in [2.05, 4.69) is 48.7 Å². The molecule has 1 aromatic heterocycles. The van der Waals surface area contributed by atoms with Crippen molar-refractivity contribution in [2.45, 2.75) is 58.8 Å². The molecule has 0 aromatic carbocycles. The van der Waals surface area contributed by atoms with Gasteiger partial charge in [0.1, 0.15) is 11.6 Å². The van der Waals surface area contributed by atoms with Gasteiger partial charge in [0.05, 0.1) is 9.26 Å². The third-order valence-corrected chi connectivity index (χ3v) is 5.29. The first-order chi connectivity index (χ1) is 9.51. The SMILES string of the molecule is CNc1nc(C2CCC(C)CC2)nc(CC(C)C)c1I. The Balaban J connectivity index is 2.28. The fourth-order valence-corrected chi connectivity index (χ4v) is 3.63. The predicted octanol–water partition coefficient (Wildman–Crippen LogP) is 4.62. The number of hydrogen-bond donors (Lipinski definition) is 1. The largest absolute Gasteiger partial charge is 0.372 e. The van der Waals surface area contributed by atoms with E-state index < -0.39 is 0 Å². The van der Waals surface area contributed by atoms with E-state index in [1.54, 1.807) is 0 Å². The van der Waals surface area contributed by atoms with Crippen LogP contribution in [0.2, 0.25) is 0 Å². The maximum absolute atomic E-state index is 4.91. The van der Waals surface area contributed by atoms with Gasteiger partial charge < -0.3 is 5.32 Å². The summed E-state index contributed by atoms with van der Waals surface area (Å²) in [6.07, 6.45) is 6.15. The molecule has 1 aromatic rings. The van der Waals surface area contributed by atoms with E-state index >= 15 is 0 Å². The van der Waals surface area contributed by atoms with Crippen LogP contribution in [-0.4, -0.2) is 17.0 Å². The van der Waals surface area contributed by atoms with Crippen LogP contribution < -0.4 is 5.32 Å². The second-order valence-corrected chi connectivity index (χ2v) is 7.57. The van der Waals surface area contributed by atoms with Crippen molar-refractivity contribution in [3.05, 3.63) is 15.1 Å². The van der Waals surface area contributed by atoms with Gasteiger partial charge in [-0.1, -0.05) is 33.6 Å². The number of rotatable bonds is 4. The number of halogens is 1. The molecule has 0 spiro atoms. The summed E-state index contributed by atoms with van der Waals surface area (Å²) >= 11 is 2.38. The van der Waals surface area contributed by atoms with E-state index in [0.29, 0.717) is 11.8 Å². The quantitative estimate of drug-likeness (QED) is 0.767. The number of anilines is 1. The molecule has 0 atom stereocenters. The summed E-state index contributed by atoms with van der Waals surface area (Å²) in [5.74, 6) is 4.12. The van der Waals surface area contributed by atoms with Crippen LogP contribution in [0.25, 0.3) is 0 Å². The fraction of sp³-hybridized carbons (Fsp3) is 0.750. The third-order valence-electron chi connectivity index (χ3n) is 4.16. The summed E-state index contributed by atoms with van der Waals surface area (Å²) in [6.45, 7) is 6.85. The van der Waals surface area contributed by atoms with Crippen LogP contribution >= 0.6 is 22.6 Å². The molecular formula is C16H26IN3. The van der Waals surface area contributed by atoms with Crippen LogP contribution in [0.15, 0.2) is 0 Å². The maximum Gasteiger partial charge on any atom is 0.143 e. The molecule has 1 heterocycles. The van der Waals surface area contributed by atoms with Gasteiger partial charge in [-0.25, -0.2) is 9.97 Å². The van der Waals surface area contributed by atoms with Gasteiger partial charge in [-0.15, -0.1) is 0 Å². The van der Waals surface area contributed by atoms with Crippen molar-refractivity contribution in [3.63, 3.8) is 0 Å². The van der Waals surface area contributed by atoms with Gasteiger partial charge in [-0.3, -0.25) is 0 Å². The fourth-order valence-electron chi connectivity index (χ4n) is 2.90. The first-order valence-electron chi connectivity index (χ1n) is 7.75. The van der Waals surface area contributed by atoms with Crippen LogP contribution in [0, 0.1) is 15.4 Å². The van der Waals surface area contributed by atoms with Gasteiger partial charge in [0.15, 0.2) is 0 Å². The van der Waals surface area contributed by atoms with E-state index in [1.165, 1.54) is 34.9 Å². The lowest BCUT2D eigenvalue weighted by atomic mass is 9.82. The Morgan fingerprint density at radius 2 is 1.85 bits per heavy atom. The molecule has 0 saturated heterocycles. The van der Waals surface area contributed by atoms with Crippen LogP contribution in [-0.2, 0) is 6.42 Å². The Bertz CT molecular complexity index is 451. The molecule has 1 N–H and O–H groups in total. The van der Waals surface area contributed by atoms with Gasteiger partial charge in [0.25, 0.3) is 0 Å². The van der Waals surface area contributed by atoms with Crippen LogP contribution in [0.1, 0.15) is 63.9 Å². The number of hydrogen-bond acceptors (Lipinski definition) is 3. The Morgan fingerprint density at radius 3 is 2.40 bits per heavy atom. The molecule has 1 saturated carbocycles. The molecule has 0 aliphatic heterocycles. The molecule has 2 rings (SSSR count). The van der Waals surface area contributed by atoms with E-state index in [4.69, 9.17) is 9.97 Å². The molecule has 112 valence electrons. The molecule has 1 fully saturated rings. The zero-order valence-electron chi connectivity index (χ0n) is 13.0. The highest BCUT2D eigenvalue weighted by atomic mass is 127. The minimum Gasteiger partial charge on any atom is -0.372 e. The van der Waals surface area contributed by atoms with Crippen molar-refractivity contribution < 1.29 is 0 Å². The monoisotopic (exact) mass is 387 g/mol. The lowest BCUT2D eigenvalue weighted by Gasteiger charge is -2.26. The van der Waals surface area contributed by atoms with E-state index in [9.17, 15) is 0 Å². The van der Waals surface area contributed by atoms with Gasteiger partial charge in [-0.05, 0) is 53.7 Å². The summed E-state index contributed by atoms with van der Waals surface area (Å²) < 4.78 is 1.19. The number of nitrogens with one attached hydrogen (secondary N) is 1. The molecule has 20 heavy (non-hydrogen) atoms. The zero-order chi connectivity index (χ0) is 14.7. The molecule has 0 unspecified atom stereocenters. The number of aromatic nitrogens is 2. The average Bonchev–Trinajstić information content (AvgIpc) is 2.41. The second-order valence-electron chi connectivity index (χ2n) is 6.50. The summed E-state index contributed by atoms with van der Waals surface area (Å²) in [7, 11) is 1.95. The normalized spacial score (nSPS) is 23.1. The van der Waals surface area contributed by atoms with Crippen molar-refractivity contribution >= 4 is 28.4 Å². The third kappa shape index (κ3) is 3.83. The summed E-state index contributed by atoms with van der Waals surface area (Å²) in [6, 6.07) is 0. The van der Waals surface area contributed by atoms with Gasteiger partial charge in [-0.2, -0.15) is 0 Å². The van der Waals surface area contributed by atoms with Crippen molar-refractivity contribution in [2.24, 2.45) is 11.8 Å². The predicted molar refractivity (Wildman–Crippen MR) is 93.2 cm³/mol. The first-order valence-corrected chi connectivity index (χ1v) is 8.83. The molecule has 0 radical (unpaired) electrons. The minimum absolute atomic E-state index is 0.557. The lowest BCUT2D eigenvalue weighted by Crippen LogP contribution is -2.16. The smallest absolute Gasteiger partial charge is 0.143 e. The van der Waals surface area contributed by atoms with Crippen LogP contribution in [0.5, 0.6) is 0 Å². The van der Waals surface area contributed by atoms with Crippen LogP contribution in [0.3, 0.4) is 0 Å². The van der Waals surface area contributed by atoms with Crippen molar-refractivity contribution in [1.82, 2.24) is 9.97 Å². The standard InChI is InChI=1S/C16H26IN3/c1-10(2)9-13-14(17)16(18-4)20-15(19-13)12-7-5-11(3)6-8-12/h10-12H,5-9H2,1-4H3,(H,18,19,20). The number of nitrogens with zero attached hydrogens (tertiary/aromatic N) is 2. The van der Waals surface area contributed by atoms with Gasteiger partial charge >= 0.3 is 0 Å². The second kappa shape index (κ2) is 7.05. The zero-order valence-corrected chi connectivity index (χ0v) is 15.2. The topological polar surface area (TPSA) is 37.8 Å². The molecule has 1 aliphatic carbocycles. The Morgan fingerprint density at radius 1 is 1.20 bits per heavy atom. The molecule has 0 amide bonds. The van der Waals surface area contributed by atoms with Crippen LogP contribution in [0.4, 0.5) is 5.82 Å². The van der Waals surface area contributed by atoms with E-state index in [-0.39, 0.29) is 0 Å². The average molecular weight is 387 g/mol. The summed E-state index contributed by atoms with van der Waals surface area (Å²) in [4.78, 5) is 9.69. The maximum atomic E-state index is 4.91. The van der Waals surface area contributed by atoms with Gasteiger partial charge in [0, 0.05) is 13.0 Å². The summed E-state index contributed by atoms with van der Waals surface area (Å²) in [5, 5.41) is 3.24. The summed E-state index contributed by atoms with van der Waals surface area (Å²) in [5.41, 5.74) is 1.22. The molecule has 4 heteroatoms. The van der Waals surface area contributed by atoms with E-state index in [1.807, 2.05) is 7.05 Å². The van der Waals surface area contributed by atoms with Crippen molar-refractivity contribution in [1.29, 1.82) is 0 Å². The molecule has 1 aliphatic rings. The highest BCUT2D eigenvalue weighted by molar-refractivity contribution is 14.1. The molecular weight excluding hydrogens is 361 g/mol.